The molecule has 1 aliphatic rings. The van der Waals surface area contributed by atoms with Gasteiger partial charge in [-0.2, -0.15) is 0 Å². The first-order chi connectivity index (χ1) is 9.20. The number of hydrogen-bond donors (Lipinski definition) is 0. The predicted molar refractivity (Wildman–Crippen MR) is 77.3 cm³/mol. The van der Waals surface area contributed by atoms with Gasteiger partial charge in [0.1, 0.15) is 10.6 Å². The topological polar surface area (TPSA) is 59.4 Å². The molecule has 5 nitrogen and oxygen atoms in total. The molecular weight excluding hydrogens is 300 g/mol. The second kappa shape index (κ2) is 5.41. The first-order valence-electron chi connectivity index (χ1n) is 6.62. The van der Waals surface area contributed by atoms with E-state index in [1.165, 1.54) is 16.8 Å². The average Bonchev–Trinajstić information content (AvgIpc) is 2.73. The van der Waals surface area contributed by atoms with Gasteiger partial charge in [0.25, 0.3) is 15.0 Å². The molecule has 0 aromatic carbocycles. The minimum Gasteiger partial charge on any atom is -0.345 e. The van der Waals surface area contributed by atoms with Crippen molar-refractivity contribution in [1.29, 1.82) is 0 Å². The van der Waals surface area contributed by atoms with Crippen LogP contribution in [0.1, 0.15) is 37.2 Å². The number of carbonyl (C=O) groups excluding carboxylic acids is 1. The zero-order chi connectivity index (χ0) is 15.1. The molecule has 1 amide bonds. The van der Waals surface area contributed by atoms with E-state index < -0.39 is 9.05 Å². The number of carbonyl (C=O) groups is 1. The summed E-state index contributed by atoms with van der Waals surface area (Å²) < 4.78 is 24.2. The Kier molecular flexibility index (Phi) is 4.16. The monoisotopic (exact) mass is 318 g/mol. The Balaban J connectivity index is 2.31. The van der Waals surface area contributed by atoms with Crippen molar-refractivity contribution >= 4 is 25.6 Å². The largest absolute Gasteiger partial charge is 0.345 e. The second-order valence-electron chi connectivity index (χ2n) is 5.60. The summed E-state index contributed by atoms with van der Waals surface area (Å²) >= 11 is 0. The Morgan fingerprint density at radius 1 is 1.35 bits per heavy atom. The molecule has 0 aliphatic carbocycles. The summed E-state index contributed by atoms with van der Waals surface area (Å²) in [6.07, 6.45) is 3.45. The Labute approximate surface area is 123 Å². The number of hydrogen-bond acceptors (Lipinski definition) is 3. The first kappa shape index (κ1) is 15.4. The standard InChI is InChI=1S/C13H19ClN2O3S/c1-9-4-5-10(2)16(7-9)13(17)12-6-11(8-15(12)3)20(14,18)19/h6,8-10H,4-5,7H2,1-3H3. The molecule has 2 atom stereocenters. The normalized spacial score (nSPS) is 23.9. The van der Waals surface area contributed by atoms with Crippen LogP contribution in [0, 0.1) is 5.92 Å². The van der Waals surface area contributed by atoms with Crippen molar-refractivity contribution in [2.45, 2.75) is 37.6 Å². The van der Waals surface area contributed by atoms with E-state index in [1.807, 2.05) is 11.8 Å². The summed E-state index contributed by atoms with van der Waals surface area (Å²) in [5, 5.41) is 0. The number of nitrogens with zero attached hydrogens (tertiary/aromatic N) is 2. The molecule has 2 unspecified atom stereocenters. The van der Waals surface area contributed by atoms with E-state index in [1.54, 1.807) is 7.05 Å². The summed E-state index contributed by atoms with van der Waals surface area (Å²) in [7, 11) is 3.16. The van der Waals surface area contributed by atoms with Crippen molar-refractivity contribution in [2.24, 2.45) is 13.0 Å². The lowest BCUT2D eigenvalue weighted by Gasteiger charge is -2.36. The number of likely N-dealkylation sites (tertiary alicyclic amines) is 1. The Morgan fingerprint density at radius 2 is 2.00 bits per heavy atom. The lowest BCUT2D eigenvalue weighted by atomic mass is 9.95. The highest BCUT2D eigenvalue weighted by molar-refractivity contribution is 8.13. The smallest absolute Gasteiger partial charge is 0.270 e. The van der Waals surface area contributed by atoms with E-state index in [2.05, 4.69) is 6.92 Å². The minimum absolute atomic E-state index is 0.0391. The zero-order valence-electron chi connectivity index (χ0n) is 11.8. The summed E-state index contributed by atoms with van der Waals surface area (Å²) in [4.78, 5) is 14.4. The van der Waals surface area contributed by atoms with Crippen LogP contribution in [0.3, 0.4) is 0 Å². The minimum atomic E-state index is -3.81. The molecule has 1 aromatic rings. The van der Waals surface area contributed by atoms with E-state index in [9.17, 15) is 13.2 Å². The lowest BCUT2D eigenvalue weighted by Crippen LogP contribution is -2.45. The first-order valence-corrected chi connectivity index (χ1v) is 8.93. The SMILES string of the molecule is CC1CCC(C)N(C(=O)c2cc(S(=O)(=O)Cl)cn2C)C1. The maximum atomic E-state index is 12.6. The lowest BCUT2D eigenvalue weighted by molar-refractivity contribution is 0.0564. The van der Waals surface area contributed by atoms with Gasteiger partial charge in [0.2, 0.25) is 0 Å². The fourth-order valence-corrected chi connectivity index (χ4v) is 3.39. The van der Waals surface area contributed by atoms with Crippen LogP contribution in [0.5, 0.6) is 0 Å². The molecule has 1 aromatic heterocycles. The number of rotatable bonds is 2. The molecule has 0 radical (unpaired) electrons. The van der Waals surface area contributed by atoms with Gasteiger partial charge in [-0.3, -0.25) is 4.79 Å². The van der Waals surface area contributed by atoms with Gasteiger partial charge in [0.05, 0.1) is 0 Å². The van der Waals surface area contributed by atoms with Crippen molar-refractivity contribution in [2.75, 3.05) is 6.54 Å². The number of halogens is 1. The second-order valence-corrected chi connectivity index (χ2v) is 8.16. The summed E-state index contributed by atoms with van der Waals surface area (Å²) in [6.45, 7) is 4.84. The number of amides is 1. The average molecular weight is 319 g/mol. The van der Waals surface area contributed by atoms with Crippen molar-refractivity contribution in [3.05, 3.63) is 18.0 Å². The fraction of sp³-hybridized carbons (Fsp3) is 0.615. The van der Waals surface area contributed by atoms with Crippen LogP contribution in [0.4, 0.5) is 0 Å². The molecule has 0 N–H and O–H groups in total. The molecule has 1 aliphatic heterocycles. The maximum Gasteiger partial charge on any atom is 0.270 e. The summed E-state index contributed by atoms with van der Waals surface area (Å²) in [5.74, 6) is 0.324. The molecule has 0 saturated carbocycles. The van der Waals surface area contributed by atoms with Gasteiger partial charge in [0, 0.05) is 36.5 Å². The van der Waals surface area contributed by atoms with Crippen molar-refractivity contribution in [1.82, 2.24) is 9.47 Å². The Bertz CT molecular complexity index is 624. The molecule has 2 heterocycles. The van der Waals surface area contributed by atoms with E-state index in [0.717, 1.165) is 12.8 Å². The molecule has 2 rings (SSSR count). The fourth-order valence-electron chi connectivity index (χ4n) is 2.60. The molecule has 0 spiro atoms. The molecule has 1 saturated heterocycles. The quantitative estimate of drug-likeness (QED) is 0.786. The Morgan fingerprint density at radius 3 is 2.55 bits per heavy atom. The molecule has 112 valence electrons. The van der Waals surface area contributed by atoms with E-state index in [-0.39, 0.29) is 16.8 Å². The van der Waals surface area contributed by atoms with E-state index in [0.29, 0.717) is 18.2 Å². The highest BCUT2D eigenvalue weighted by Gasteiger charge is 2.29. The highest BCUT2D eigenvalue weighted by atomic mass is 35.7. The van der Waals surface area contributed by atoms with Crippen LogP contribution in [0.25, 0.3) is 0 Å². The van der Waals surface area contributed by atoms with Crippen LogP contribution >= 0.6 is 10.7 Å². The number of piperidine rings is 1. The summed E-state index contributed by atoms with van der Waals surface area (Å²) in [6, 6.07) is 1.51. The predicted octanol–water partition coefficient (Wildman–Crippen LogP) is 2.21. The van der Waals surface area contributed by atoms with E-state index >= 15 is 0 Å². The molecular formula is C13H19ClN2O3S. The van der Waals surface area contributed by atoms with Gasteiger partial charge in [-0.25, -0.2) is 8.42 Å². The van der Waals surface area contributed by atoms with Gasteiger partial charge in [0.15, 0.2) is 0 Å². The number of aryl methyl sites for hydroxylation is 1. The number of aromatic nitrogens is 1. The van der Waals surface area contributed by atoms with Crippen molar-refractivity contribution in [3.8, 4) is 0 Å². The van der Waals surface area contributed by atoms with Gasteiger partial charge >= 0.3 is 0 Å². The van der Waals surface area contributed by atoms with Crippen LogP contribution in [0.15, 0.2) is 17.2 Å². The Hall–Kier alpha value is -1.01. The molecule has 20 heavy (non-hydrogen) atoms. The third kappa shape index (κ3) is 3.01. The summed E-state index contributed by atoms with van der Waals surface area (Å²) in [5.41, 5.74) is 0.352. The van der Waals surface area contributed by atoms with Crippen LogP contribution in [0.2, 0.25) is 0 Å². The van der Waals surface area contributed by atoms with Crippen molar-refractivity contribution < 1.29 is 13.2 Å². The third-order valence-electron chi connectivity index (χ3n) is 3.86. The van der Waals surface area contributed by atoms with Crippen molar-refractivity contribution in [3.63, 3.8) is 0 Å². The van der Waals surface area contributed by atoms with Crippen LogP contribution < -0.4 is 0 Å². The van der Waals surface area contributed by atoms with Gasteiger partial charge in [-0.05, 0) is 31.7 Å². The van der Waals surface area contributed by atoms with Gasteiger partial charge in [-0.15, -0.1) is 0 Å². The van der Waals surface area contributed by atoms with Crippen LogP contribution in [-0.4, -0.2) is 36.4 Å². The van der Waals surface area contributed by atoms with Crippen LogP contribution in [-0.2, 0) is 16.1 Å². The van der Waals surface area contributed by atoms with Gasteiger partial charge < -0.3 is 9.47 Å². The molecule has 7 heteroatoms. The molecule has 0 bridgehead atoms. The maximum absolute atomic E-state index is 12.6. The van der Waals surface area contributed by atoms with E-state index in [4.69, 9.17) is 10.7 Å². The third-order valence-corrected chi connectivity index (χ3v) is 5.18. The highest BCUT2D eigenvalue weighted by Crippen LogP contribution is 2.25. The van der Waals surface area contributed by atoms with Gasteiger partial charge in [-0.1, -0.05) is 6.92 Å². The molecule has 1 fully saturated rings. The zero-order valence-corrected chi connectivity index (χ0v) is 13.4.